The average Bonchev–Trinajstić information content (AvgIpc) is 3.21. The third kappa shape index (κ3) is 5.11. The minimum absolute atomic E-state index is 0.0526. The van der Waals surface area contributed by atoms with Crippen LogP contribution < -0.4 is 20.1 Å². The smallest absolute Gasteiger partial charge is 0.220 e. The van der Waals surface area contributed by atoms with E-state index in [1.165, 1.54) is 16.3 Å². The summed E-state index contributed by atoms with van der Waals surface area (Å²) in [7, 11) is 3.18. The monoisotopic (exact) mass is 446 g/mol. The zero-order valence-electron chi connectivity index (χ0n) is 19.1. The Hall–Kier alpha value is -3.54. The number of carbonyl (C=O) groups is 2. The molecule has 1 aliphatic rings. The number of benzene rings is 3. The Morgan fingerprint density at radius 3 is 2.52 bits per heavy atom. The van der Waals surface area contributed by atoms with Gasteiger partial charge >= 0.3 is 0 Å². The predicted molar refractivity (Wildman–Crippen MR) is 128 cm³/mol. The summed E-state index contributed by atoms with van der Waals surface area (Å²) in [4.78, 5) is 24.9. The summed E-state index contributed by atoms with van der Waals surface area (Å²) in [6, 6.07) is 20.1. The molecule has 0 aliphatic carbocycles. The molecule has 6 heteroatoms. The Labute approximate surface area is 194 Å². The van der Waals surface area contributed by atoms with Gasteiger partial charge in [-0.3, -0.25) is 9.59 Å². The van der Waals surface area contributed by atoms with E-state index in [0.29, 0.717) is 43.7 Å². The van der Waals surface area contributed by atoms with Crippen molar-refractivity contribution in [3.05, 3.63) is 71.8 Å². The molecule has 33 heavy (non-hydrogen) atoms. The van der Waals surface area contributed by atoms with E-state index in [9.17, 15) is 9.59 Å². The highest BCUT2D eigenvalue weighted by Gasteiger charge is 2.38. The van der Waals surface area contributed by atoms with Gasteiger partial charge in [-0.05, 0) is 41.7 Å². The summed E-state index contributed by atoms with van der Waals surface area (Å²) in [5.74, 6) is 1.25. The fourth-order valence-electron chi connectivity index (χ4n) is 4.72. The quantitative estimate of drug-likeness (QED) is 0.518. The van der Waals surface area contributed by atoms with Crippen LogP contribution in [0.15, 0.2) is 60.7 Å². The van der Waals surface area contributed by atoms with Gasteiger partial charge in [-0.15, -0.1) is 0 Å². The number of amides is 2. The summed E-state index contributed by atoms with van der Waals surface area (Å²) < 4.78 is 10.8. The average molecular weight is 447 g/mol. The second-order valence-electron chi connectivity index (χ2n) is 8.57. The maximum Gasteiger partial charge on any atom is 0.220 e. The van der Waals surface area contributed by atoms with Crippen molar-refractivity contribution in [1.29, 1.82) is 0 Å². The van der Waals surface area contributed by atoms with E-state index in [1.807, 2.05) is 30.3 Å². The molecule has 1 atom stereocenters. The highest BCUT2D eigenvalue weighted by Crippen LogP contribution is 2.33. The van der Waals surface area contributed by atoms with Crippen molar-refractivity contribution in [3.8, 4) is 11.5 Å². The summed E-state index contributed by atoms with van der Waals surface area (Å²) >= 11 is 0. The van der Waals surface area contributed by atoms with Crippen LogP contribution in [0.4, 0.5) is 0 Å². The minimum Gasteiger partial charge on any atom is -0.493 e. The number of nitrogens with one attached hydrogen (secondary N) is 2. The van der Waals surface area contributed by atoms with Crippen LogP contribution in [-0.4, -0.2) is 31.6 Å². The molecule has 1 fully saturated rings. The van der Waals surface area contributed by atoms with Crippen molar-refractivity contribution >= 4 is 22.6 Å². The zero-order valence-corrected chi connectivity index (χ0v) is 19.1. The summed E-state index contributed by atoms with van der Waals surface area (Å²) in [6.45, 7) is 0.349. The number of methoxy groups -OCH3 is 2. The van der Waals surface area contributed by atoms with E-state index < -0.39 is 5.54 Å². The van der Waals surface area contributed by atoms with Gasteiger partial charge in [-0.25, -0.2) is 0 Å². The molecule has 1 aliphatic heterocycles. The third-order valence-corrected chi connectivity index (χ3v) is 6.44. The Kier molecular flexibility index (Phi) is 6.82. The normalized spacial score (nSPS) is 17.6. The molecule has 6 nitrogen and oxygen atoms in total. The first-order valence-electron chi connectivity index (χ1n) is 11.3. The van der Waals surface area contributed by atoms with E-state index in [-0.39, 0.29) is 11.8 Å². The molecule has 0 radical (unpaired) electrons. The molecule has 0 bridgehead atoms. The van der Waals surface area contributed by atoms with Crippen molar-refractivity contribution in [1.82, 2.24) is 10.6 Å². The van der Waals surface area contributed by atoms with Crippen molar-refractivity contribution < 1.29 is 19.1 Å². The van der Waals surface area contributed by atoms with Gasteiger partial charge in [-0.2, -0.15) is 0 Å². The van der Waals surface area contributed by atoms with Crippen LogP contribution in [0.3, 0.4) is 0 Å². The first kappa shape index (κ1) is 22.6. The molecule has 2 N–H and O–H groups in total. The molecule has 2 amide bonds. The van der Waals surface area contributed by atoms with Crippen LogP contribution in [0.2, 0.25) is 0 Å². The van der Waals surface area contributed by atoms with Crippen LogP contribution in [0.25, 0.3) is 10.8 Å². The first-order valence-corrected chi connectivity index (χ1v) is 11.3. The third-order valence-electron chi connectivity index (χ3n) is 6.44. The number of carbonyl (C=O) groups excluding carboxylic acids is 2. The fraction of sp³-hybridized carbons (Fsp3) is 0.333. The van der Waals surface area contributed by atoms with Crippen molar-refractivity contribution in [2.45, 2.75) is 44.2 Å². The summed E-state index contributed by atoms with van der Waals surface area (Å²) in [5, 5.41) is 8.54. The van der Waals surface area contributed by atoms with Gasteiger partial charge in [0.1, 0.15) is 0 Å². The molecule has 4 rings (SSSR count). The van der Waals surface area contributed by atoms with Crippen LogP contribution >= 0.6 is 0 Å². The van der Waals surface area contributed by atoms with E-state index in [1.54, 1.807) is 14.2 Å². The van der Waals surface area contributed by atoms with Crippen LogP contribution in [0, 0.1) is 0 Å². The minimum atomic E-state index is -0.411. The lowest BCUT2D eigenvalue weighted by atomic mass is 9.83. The lowest BCUT2D eigenvalue weighted by Gasteiger charge is -2.30. The van der Waals surface area contributed by atoms with Gasteiger partial charge in [0.25, 0.3) is 0 Å². The lowest BCUT2D eigenvalue weighted by Crippen LogP contribution is -2.44. The van der Waals surface area contributed by atoms with Gasteiger partial charge in [-0.1, -0.05) is 54.6 Å². The highest BCUT2D eigenvalue weighted by molar-refractivity contribution is 5.86. The van der Waals surface area contributed by atoms with Crippen molar-refractivity contribution in [2.24, 2.45) is 0 Å². The molecule has 172 valence electrons. The highest BCUT2D eigenvalue weighted by atomic mass is 16.5. The topological polar surface area (TPSA) is 76.7 Å². The van der Waals surface area contributed by atoms with Gasteiger partial charge in [0.2, 0.25) is 11.8 Å². The molecular formula is C27H30N2O4. The first-order chi connectivity index (χ1) is 16.0. The molecular weight excluding hydrogens is 416 g/mol. The molecule has 1 saturated heterocycles. The van der Waals surface area contributed by atoms with Crippen LogP contribution in [-0.2, 0) is 22.6 Å². The molecule has 0 saturated carbocycles. The predicted octanol–water partition coefficient (Wildman–Crippen LogP) is 4.14. The Balaban J connectivity index is 1.43. The van der Waals surface area contributed by atoms with Gasteiger partial charge in [0, 0.05) is 30.5 Å². The van der Waals surface area contributed by atoms with Gasteiger partial charge in [0.15, 0.2) is 11.5 Å². The second-order valence-corrected chi connectivity index (χ2v) is 8.57. The van der Waals surface area contributed by atoms with Crippen molar-refractivity contribution in [3.63, 3.8) is 0 Å². The number of hydrogen-bond acceptors (Lipinski definition) is 4. The summed E-state index contributed by atoms with van der Waals surface area (Å²) in [5.41, 5.74) is 1.63. The molecule has 3 aromatic rings. The SMILES string of the molecule is COc1cccc(CNC(=O)CC[C@]2(Cc3cccc4ccccc34)CCC(=O)N2)c1OC. The van der Waals surface area contributed by atoms with E-state index in [0.717, 1.165) is 12.0 Å². The standard InChI is InChI=1S/C27H30N2O4/c1-32-23-12-6-10-21(26(23)33-2)18-28-24(30)13-15-27(16-14-25(31)29-27)17-20-9-5-8-19-7-3-4-11-22(19)20/h3-12H,13-18H2,1-2H3,(H,28,30)(H,29,31)/t27-/m1/s1. The van der Waals surface area contributed by atoms with Crippen LogP contribution in [0.5, 0.6) is 11.5 Å². The van der Waals surface area contributed by atoms with Gasteiger partial charge < -0.3 is 20.1 Å². The molecule has 0 spiro atoms. The zero-order chi connectivity index (χ0) is 23.3. The Morgan fingerprint density at radius 2 is 1.76 bits per heavy atom. The van der Waals surface area contributed by atoms with E-state index in [2.05, 4.69) is 41.0 Å². The van der Waals surface area contributed by atoms with Gasteiger partial charge in [0.05, 0.1) is 14.2 Å². The molecule has 3 aromatic carbocycles. The Morgan fingerprint density at radius 1 is 1.00 bits per heavy atom. The molecule has 0 unspecified atom stereocenters. The van der Waals surface area contributed by atoms with E-state index in [4.69, 9.17) is 9.47 Å². The molecule has 1 heterocycles. The number of ether oxygens (including phenoxy) is 2. The maximum atomic E-state index is 12.7. The Bertz CT molecular complexity index is 1150. The molecule has 0 aromatic heterocycles. The van der Waals surface area contributed by atoms with Crippen molar-refractivity contribution in [2.75, 3.05) is 14.2 Å². The number of rotatable bonds is 9. The lowest BCUT2D eigenvalue weighted by molar-refractivity contribution is -0.122. The fourth-order valence-corrected chi connectivity index (χ4v) is 4.72. The number of para-hydroxylation sites is 1. The second kappa shape index (κ2) is 9.94. The number of fused-ring (bicyclic) bond motifs is 1. The van der Waals surface area contributed by atoms with E-state index >= 15 is 0 Å². The van der Waals surface area contributed by atoms with Crippen LogP contribution in [0.1, 0.15) is 36.8 Å². The maximum absolute atomic E-state index is 12.7. The summed E-state index contributed by atoms with van der Waals surface area (Å²) in [6.07, 6.45) is 2.84. The largest absolute Gasteiger partial charge is 0.493 e. The number of hydrogen-bond donors (Lipinski definition) is 2.